The molecule has 170 valence electrons. The van der Waals surface area contributed by atoms with Gasteiger partial charge in [0.1, 0.15) is 23.1 Å². The van der Waals surface area contributed by atoms with E-state index in [1.165, 1.54) is 32.4 Å². The summed E-state index contributed by atoms with van der Waals surface area (Å²) in [5.74, 6) is 1.68. The summed E-state index contributed by atoms with van der Waals surface area (Å²) in [7, 11) is 5.63. The number of carbonyl (C=O) groups is 1. The Morgan fingerprint density at radius 3 is 2.47 bits per heavy atom. The molecule has 0 bridgehead atoms. The average Bonchev–Trinajstić information content (AvgIpc) is 3.17. The second kappa shape index (κ2) is 9.92. The number of anilines is 1. The molecular formula is C26H32N2O3S. The number of hydrogen-bond acceptors (Lipinski definition) is 6. The van der Waals surface area contributed by atoms with Crippen LogP contribution >= 0.6 is 11.3 Å². The number of fused-ring (bicyclic) bond motifs is 1. The molecular weight excluding hydrogens is 420 g/mol. The van der Waals surface area contributed by atoms with Crippen LogP contribution in [0, 0.1) is 6.92 Å². The van der Waals surface area contributed by atoms with E-state index in [0.29, 0.717) is 12.2 Å². The van der Waals surface area contributed by atoms with Crippen LogP contribution in [-0.2, 0) is 0 Å². The fourth-order valence-electron chi connectivity index (χ4n) is 4.30. The summed E-state index contributed by atoms with van der Waals surface area (Å²) in [5.41, 5.74) is 2.44. The normalized spacial score (nSPS) is 14.5. The number of ether oxygens (including phenoxy) is 2. The molecule has 0 aliphatic carbocycles. The third-order valence-electron chi connectivity index (χ3n) is 6.06. The largest absolute Gasteiger partial charge is 0.496 e. The van der Waals surface area contributed by atoms with Crippen molar-refractivity contribution in [1.29, 1.82) is 0 Å². The SMILES string of the molecule is COc1cc2sc(N(C)C)c(C(=O)c3ccc(OCCN4CCCCC4)cc3)c2cc1C. The van der Waals surface area contributed by atoms with Crippen molar-refractivity contribution in [2.24, 2.45) is 0 Å². The number of hydrogen-bond donors (Lipinski definition) is 0. The highest BCUT2D eigenvalue weighted by Gasteiger charge is 2.23. The molecule has 32 heavy (non-hydrogen) atoms. The number of rotatable bonds is 8. The first kappa shape index (κ1) is 22.6. The van der Waals surface area contributed by atoms with Crippen molar-refractivity contribution in [2.75, 3.05) is 52.3 Å². The lowest BCUT2D eigenvalue weighted by atomic mass is 10.00. The van der Waals surface area contributed by atoms with Crippen LogP contribution in [0.25, 0.3) is 10.1 Å². The summed E-state index contributed by atoms with van der Waals surface area (Å²) in [6.07, 6.45) is 3.92. The highest BCUT2D eigenvalue weighted by molar-refractivity contribution is 7.23. The molecule has 0 unspecified atom stereocenters. The number of aryl methyl sites for hydroxylation is 1. The van der Waals surface area contributed by atoms with E-state index in [1.54, 1.807) is 18.4 Å². The van der Waals surface area contributed by atoms with E-state index in [0.717, 1.165) is 44.3 Å². The Kier molecular flexibility index (Phi) is 7.01. The maximum atomic E-state index is 13.5. The zero-order chi connectivity index (χ0) is 22.7. The molecule has 2 aromatic carbocycles. The molecule has 0 N–H and O–H groups in total. The number of methoxy groups -OCH3 is 1. The van der Waals surface area contributed by atoms with E-state index < -0.39 is 0 Å². The first-order chi connectivity index (χ1) is 15.5. The number of thiophene rings is 1. The molecule has 1 fully saturated rings. The summed E-state index contributed by atoms with van der Waals surface area (Å²) in [4.78, 5) is 18.0. The second-order valence-electron chi connectivity index (χ2n) is 8.60. The zero-order valence-corrected chi connectivity index (χ0v) is 20.3. The second-order valence-corrected chi connectivity index (χ2v) is 9.63. The molecule has 5 nitrogen and oxygen atoms in total. The van der Waals surface area contributed by atoms with Gasteiger partial charge >= 0.3 is 0 Å². The molecule has 1 aliphatic heterocycles. The van der Waals surface area contributed by atoms with Crippen LogP contribution in [0.1, 0.15) is 40.7 Å². The van der Waals surface area contributed by atoms with Gasteiger partial charge in [-0.1, -0.05) is 6.42 Å². The van der Waals surface area contributed by atoms with Crippen LogP contribution in [0.4, 0.5) is 5.00 Å². The average molecular weight is 453 g/mol. The Labute approximate surface area is 194 Å². The van der Waals surface area contributed by atoms with Gasteiger partial charge in [-0.05, 0) is 74.8 Å². The van der Waals surface area contributed by atoms with Gasteiger partial charge in [0.05, 0.1) is 12.7 Å². The minimum Gasteiger partial charge on any atom is -0.496 e. The molecule has 4 rings (SSSR count). The van der Waals surface area contributed by atoms with Gasteiger partial charge in [0.15, 0.2) is 5.78 Å². The lowest BCUT2D eigenvalue weighted by Crippen LogP contribution is -2.33. The van der Waals surface area contributed by atoms with E-state index in [-0.39, 0.29) is 5.78 Å². The van der Waals surface area contributed by atoms with Crippen molar-refractivity contribution in [3.63, 3.8) is 0 Å². The van der Waals surface area contributed by atoms with Crippen LogP contribution in [0.3, 0.4) is 0 Å². The van der Waals surface area contributed by atoms with Gasteiger partial charge in [0, 0.05) is 36.3 Å². The van der Waals surface area contributed by atoms with Gasteiger partial charge in [0.2, 0.25) is 0 Å². The molecule has 0 atom stereocenters. The monoisotopic (exact) mass is 452 g/mol. The Morgan fingerprint density at radius 1 is 1.09 bits per heavy atom. The molecule has 2 heterocycles. The van der Waals surface area contributed by atoms with E-state index in [1.807, 2.05) is 56.3 Å². The first-order valence-electron chi connectivity index (χ1n) is 11.3. The molecule has 6 heteroatoms. The number of piperidine rings is 1. The van der Waals surface area contributed by atoms with Crippen LogP contribution in [0.5, 0.6) is 11.5 Å². The summed E-state index contributed by atoms with van der Waals surface area (Å²) in [6, 6.07) is 11.6. The standard InChI is InChI=1S/C26H32N2O3S/c1-18-16-21-23(17-22(18)30-4)32-26(27(2)3)24(21)25(29)19-8-10-20(11-9-19)31-15-14-28-12-6-5-7-13-28/h8-11,16-17H,5-7,12-15H2,1-4H3. The number of carbonyl (C=O) groups excluding carboxylic acids is 1. The fourth-order valence-corrected chi connectivity index (χ4v) is 5.43. The van der Waals surface area contributed by atoms with Crippen LogP contribution in [0.15, 0.2) is 36.4 Å². The molecule has 3 aromatic rings. The highest BCUT2D eigenvalue weighted by Crippen LogP contribution is 2.41. The van der Waals surface area contributed by atoms with E-state index >= 15 is 0 Å². The van der Waals surface area contributed by atoms with Crippen molar-refractivity contribution in [1.82, 2.24) is 4.90 Å². The Bertz CT molecular complexity index is 1080. The van der Waals surface area contributed by atoms with Crippen LogP contribution in [-0.4, -0.2) is 58.1 Å². The highest BCUT2D eigenvalue weighted by atomic mass is 32.1. The van der Waals surface area contributed by atoms with Gasteiger partial charge in [-0.2, -0.15) is 0 Å². The maximum Gasteiger partial charge on any atom is 0.196 e. The smallest absolute Gasteiger partial charge is 0.196 e. The molecule has 1 saturated heterocycles. The van der Waals surface area contributed by atoms with Gasteiger partial charge in [-0.15, -0.1) is 11.3 Å². The lowest BCUT2D eigenvalue weighted by Gasteiger charge is -2.26. The van der Waals surface area contributed by atoms with Crippen molar-refractivity contribution in [3.8, 4) is 11.5 Å². The number of benzene rings is 2. The van der Waals surface area contributed by atoms with Crippen LogP contribution in [0.2, 0.25) is 0 Å². The predicted octanol–water partition coefficient (Wildman–Crippen LogP) is 5.38. The van der Waals surface area contributed by atoms with Crippen molar-refractivity contribution in [3.05, 3.63) is 53.1 Å². The predicted molar refractivity (Wildman–Crippen MR) is 133 cm³/mol. The van der Waals surface area contributed by atoms with E-state index in [4.69, 9.17) is 9.47 Å². The topological polar surface area (TPSA) is 42.0 Å². The van der Waals surface area contributed by atoms with E-state index in [2.05, 4.69) is 11.0 Å². The van der Waals surface area contributed by atoms with Gasteiger partial charge < -0.3 is 14.4 Å². The Balaban J connectivity index is 1.53. The zero-order valence-electron chi connectivity index (χ0n) is 19.4. The van der Waals surface area contributed by atoms with Crippen molar-refractivity contribution < 1.29 is 14.3 Å². The van der Waals surface area contributed by atoms with E-state index in [9.17, 15) is 4.79 Å². The first-order valence-corrected chi connectivity index (χ1v) is 12.1. The third kappa shape index (κ3) is 4.76. The van der Waals surface area contributed by atoms with Crippen LogP contribution < -0.4 is 14.4 Å². The molecule has 0 radical (unpaired) electrons. The van der Waals surface area contributed by atoms with Gasteiger partial charge in [-0.3, -0.25) is 9.69 Å². The van der Waals surface area contributed by atoms with Crippen molar-refractivity contribution in [2.45, 2.75) is 26.2 Å². The lowest BCUT2D eigenvalue weighted by molar-refractivity contribution is 0.104. The van der Waals surface area contributed by atoms with Gasteiger partial charge in [-0.25, -0.2) is 0 Å². The number of ketones is 1. The molecule has 1 aliphatic rings. The molecule has 0 amide bonds. The summed E-state index contributed by atoms with van der Waals surface area (Å²) < 4.78 is 12.5. The minimum atomic E-state index is 0.0318. The Hall–Kier alpha value is -2.57. The maximum absolute atomic E-state index is 13.5. The fraction of sp³-hybridized carbons (Fsp3) is 0.423. The number of likely N-dealkylation sites (tertiary alicyclic amines) is 1. The van der Waals surface area contributed by atoms with Crippen molar-refractivity contribution >= 4 is 32.2 Å². The Morgan fingerprint density at radius 2 is 1.81 bits per heavy atom. The molecule has 0 saturated carbocycles. The van der Waals surface area contributed by atoms with Gasteiger partial charge in [0.25, 0.3) is 0 Å². The minimum absolute atomic E-state index is 0.0318. The molecule has 0 spiro atoms. The summed E-state index contributed by atoms with van der Waals surface area (Å²) in [5, 5.41) is 1.93. The molecule has 1 aromatic heterocycles. The third-order valence-corrected chi connectivity index (χ3v) is 7.38. The number of nitrogens with zero attached hydrogens (tertiary/aromatic N) is 2. The summed E-state index contributed by atoms with van der Waals surface area (Å²) in [6.45, 7) is 5.98. The quantitative estimate of drug-likeness (QED) is 0.429. The summed E-state index contributed by atoms with van der Waals surface area (Å²) >= 11 is 1.62.